The number of nitrogen functional groups attached to an aromatic ring is 1. The van der Waals surface area contributed by atoms with Gasteiger partial charge in [-0.3, -0.25) is 4.79 Å². The van der Waals surface area contributed by atoms with Crippen LogP contribution in [0.3, 0.4) is 0 Å². The Hall–Kier alpha value is -3.70. The van der Waals surface area contributed by atoms with Crippen LogP contribution in [0.1, 0.15) is 21.5 Å². The van der Waals surface area contributed by atoms with Crippen molar-refractivity contribution < 1.29 is 22.7 Å². The van der Waals surface area contributed by atoms with Crippen LogP contribution in [0.15, 0.2) is 24.3 Å². The average Bonchev–Trinajstić information content (AvgIpc) is 2.86. The predicted molar refractivity (Wildman–Crippen MR) is 134 cm³/mol. The number of rotatable bonds is 5. The molecule has 0 spiro atoms. The number of halogens is 3. The summed E-state index contributed by atoms with van der Waals surface area (Å²) in [5.41, 5.74) is 7.25. The zero-order valence-corrected chi connectivity index (χ0v) is 20.6. The number of carbonyl (C=O) groups excluding carboxylic acids is 1. The van der Waals surface area contributed by atoms with Crippen LogP contribution in [0.25, 0.3) is 22.5 Å². The van der Waals surface area contributed by atoms with E-state index in [0.717, 1.165) is 6.07 Å². The maximum atomic E-state index is 16.0. The van der Waals surface area contributed by atoms with Crippen molar-refractivity contribution >= 4 is 17.4 Å². The summed E-state index contributed by atoms with van der Waals surface area (Å²) < 4.78 is 51.6. The van der Waals surface area contributed by atoms with Crippen LogP contribution in [-0.2, 0) is 17.7 Å². The molecule has 1 fully saturated rings. The Morgan fingerprint density at radius 3 is 2.54 bits per heavy atom. The molecule has 3 N–H and O–H groups in total. The molecule has 5 rings (SSSR count). The number of hydrogen-bond acceptors (Lipinski definition) is 7. The Morgan fingerprint density at radius 1 is 1.05 bits per heavy atom. The molecule has 8 nitrogen and oxygen atoms in total. The second-order valence-electron chi connectivity index (χ2n) is 9.35. The zero-order chi connectivity index (χ0) is 26.3. The highest BCUT2D eigenvalue weighted by Gasteiger charge is 2.26. The van der Waals surface area contributed by atoms with E-state index in [0.29, 0.717) is 56.1 Å². The number of benzene rings is 2. The fraction of sp³-hybridized carbons (Fsp3) is 0.346. The lowest BCUT2D eigenvalue weighted by atomic mass is 9.96. The molecule has 0 unspecified atom stereocenters. The number of nitrogens with zero attached hydrogens (tertiary/aromatic N) is 4. The number of carbonyl (C=O) groups is 1. The average molecular weight is 513 g/mol. The van der Waals surface area contributed by atoms with Gasteiger partial charge in [0.2, 0.25) is 5.95 Å². The Labute approximate surface area is 212 Å². The first kappa shape index (κ1) is 25.0. The van der Waals surface area contributed by atoms with Gasteiger partial charge in [0.05, 0.1) is 13.2 Å². The topological polar surface area (TPSA) is 96.6 Å². The van der Waals surface area contributed by atoms with E-state index in [2.05, 4.69) is 15.3 Å². The maximum absolute atomic E-state index is 16.0. The third-order valence-electron chi connectivity index (χ3n) is 6.55. The number of fused-ring (bicyclic) bond motifs is 1. The minimum atomic E-state index is -1.06. The van der Waals surface area contributed by atoms with Crippen LogP contribution in [0.2, 0.25) is 0 Å². The van der Waals surface area contributed by atoms with Gasteiger partial charge in [0.1, 0.15) is 23.0 Å². The van der Waals surface area contributed by atoms with Gasteiger partial charge in [-0.05, 0) is 50.3 Å². The van der Waals surface area contributed by atoms with Gasteiger partial charge in [-0.25, -0.2) is 13.8 Å². The first-order valence-electron chi connectivity index (χ1n) is 12.0. The summed E-state index contributed by atoms with van der Waals surface area (Å²) in [6.07, 6.45) is 0.487. The number of nitrogens with one attached hydrogen (secondary N) is 1. The molecule has 3 heterocycles. The number of morpholine rings is 1. The van der Waals surface area contributed by atoms with Gasteiger partial charge in [-0.1, -0.05) is 0 Å². The van der Waals surface area contributed by atoms with E-state index in [4.69, 9.17) is 10.5 Å². The molecule has 194 valence electrons. The lowest BCUT2D eigenvalue weighted by molar-refractivity contribution is 0.0945. The highest BCUT2D eigenvalue weighted by Crippen LogP contribution is 2.36. The lowest BCUT2D eigenvalue weighted by Crippen LogP contribution is -2.37. The van der Waals surface area contributed by atoms with Crippen LogP contribution in [-0.4, -0.2) is 67.7 Å². The Kier molecular flexibility index (Phi) is 6.74. The van der Waals surface area contributed by atoms with Gasteiger partial charge >= 0.3 is 0 Å². The predicted octanol–water partition coefficient (Wildman–Crippen LogP) is 2.99. The minimum absolute atomic E-state index is 0.0291. The smallest absolute Gasteiger partial charge is 0.251 e. The number of anilines is 2. The molecule has 2 aliphatic heterocycles. The molecule has 2 aliphatic rings. The van der Waals surface area contributed by atoms with E-state index in [1.807, 2.05) is 23.9 Å². The molecule has 2 aromatic carbocycles. The third kappa shape index (κ3) is 4.72. The molecule has 37 heavy (non-hydrogen) atoms. The molecule has 0 atom stereocenters. The van der Waals surface area contributed by atoms with Gasteiger partial charge < -0.3 is 25.6 Å². The first-order chi connectivity index (χ1) is 17.7. The molecular weight excluding hydrogens is 485 g/mol. The van der Waals surface area contributed by atoms with E-state index in [1.54, 1.807) is 6.07 Å². The summed E-state index contributed by atoms with van der Waals surface area (Å²) in [6.45, 7) is 2.94. The summed E-state index contributed by atoms with van der Waals surface area (Å²) in [5, 5.41) is 2.66. The molecule has 1 amide bonds. The highest BCUT2D eigenvalue weighted by molar-refractivity contribution is 5.97. The van der Waals surface area contributed by atoms with Crippen LogP contribution < -0.4 is 16.0 Å². The molecule has 11 heteroatoms. The zero-order valence-electron chi connectivity index (χ0n) is 20.6. The number of nitrogens with two attached hydrogens (primary N) is 1. The van der Waals surface area contributed by atoms with Crippen molar-refractivity contribution in [3.8, 4) is 22.5 Å². The van der Waals surface area contributed by atoms with E-state index in [9.17, 15) is 4.79 Å². The summed E-state index contributed by atoms with van der Waals surface area (Å²) >= 11 is 0. The number of amides is 1. The molecular formula is C26H27F3N6O2. The summed E-state index contributed by atoms with van der Waals surface area (Å²) in [4.78, 5) is 24.0. The van der Waals surface area contributed by atoms with E-state index >= 15 is 13.2 Å². The van der Waals surface area contributed by atoms with E-state index in [1.165, 1.54) is 12.1 Å². The van der Waals surface area contributed by atoms with Crippen molar-refractivity contribution in [3.05, 3.63) is 58.5 Å². The number of aromatic nitrogens is 2. The SMILES string of the molecule is CN(C)Cc1c(N2CCOCC2)ccc(-c2nc(-c3cc4c(cc3F)C(=O)NCC4)c(N)nc2F)c1F. The fourth-order valence-electron chi connectivity index (χ4n) is 4.78. The van der Waals surface area contributed by atoms with E-state index < -0.39 is 17.6 Å². The standard InChI is InChI=1S/C26H27F3N6O2/c1-34(2)13-18-20(35-7-9-37-10-8-35)4-3-15(21(18)28)22-24(29)33-25(30)23(32-22)17-11-14-5-6-31-26(36)16(14)12-19(17)27/h3-4,11-12H,5-10,13H2,1-2H3,(H2,30,33)(H,31,36). The van der Waals surface area contributed by atoms with Crippen LogP contribution in [0, 0.1) is 17.6 Å². The van der Waals surface area contributed by atoms with Crippen molar-refractivity contribution in [2.45, 2.75) is 13.0 Å². The molecule has 1 saturated heterocycles. The molecule has 0 radical (unpaired) electrons. The summed E-state index contributed by atoms with van der Waals surface area (Å²) in [7, 11) is 3.63. The first-order valence-corrected chi connectivity index (χ1v) is 12.0. The Balaban J connectivity index is 1.63. The molecule has 1 aromatic heterocycles. The highest BCUT2D eigenvalue weighted by atomic mass is 19.1. The van der Waals surface area contributed by atoms with Gasteiger partial charge in [0, 0.05) is 54.1 Å². The monoisotopic (exact) mass is 512 g/mol. The van der Waals surface area contributed by atoms with Crippen LogP contribution >= 0.6 is 0 Å². The van der Waals surface area contributed by atoms with Crippen molar-refractivity contribution in [3.63, 3.8) is 0 Å². The maximum Gasteiger partial charge on any atom is 0.251 e. The van der Waals surface area contributed by atoms with Gasteiger partial charge in [0.15, 0.2) is 5.82 Å². The molecule has 0 bridgehead atoms. The van der Waals surface area contributed by atoms with Crippen molar-refractivity contribution in [1.82, 2.24) is 20.2 Å². The largest absolute Gasteiger partial charge is 0.382 e. The van der Waals surface area contributed by atoms with E-state index in [-0.39, 0.29) is 46.3 Å². The van der Waals surface area contributed by atoms with Gasteiger partial charge in [0.25, 0.3) is 5.91 Å². The number of ether oxygens (including phenoxy) is 1. The van der Waals surface area contributed by atoms with Crippen molar-refractivity contribution in [1.29, 1.82) is 0 Å². The molecule has 0 aliphatic carbocycles. The third-order valence-corrected chi connectivity index (χ3v) is 6.55. The second-order valence-corrected chi connectivity index (χ2v) is 9.35. The summed E-state index contributed by atoms with van der Waals surface area (Å²) in [6, 6.07) is 5.77. The van der Waals surface area contributed by atoms with Gasteiger partial charge in [-0.2, -0.15) is 9.37 Å². The second kappa shape index (κ2) is 9.98. The van der Waals surface area contributed by atoms with Crippen LogP contribution in [0.4, 0.5) is 24.7 Å². The molecule has 0 saturated carbocycles. The fourth-order valence-corrected chi connectivity index (χ4v) is 4.78. The summed E-state index contributed by atoms with van der Waals surface area (Å²) in [5.74, 6) is -3.16. The molecule has 3 aromatic rings. The Morgan fingerprint density at radius 2 is 1.81 bits per heavy atom. The normalized spacial score (nSPS) is 15.6. The van der Waals surface area contributed by atoms with Crippen molar-refractivity contribution in [2.75, 3.05) is 57.6 Å². The number of hydrogen-bond donors (Lipinski definition) is 2. The lowest BCUT2D eigenvalue weighted by Gasteiger charge is -2.31. The Bertz CT molecular complexity index is 1380. The van der Waals surface area contributed by atoms with Crippen molar-refractivity contribution in [2.24, 2.45) is 0 Å². The minimum Gasteiger partial charge on any atom is -0.382 e. The quantitative estimate of drug-likeness (QED) is 0.543. The van der Waals surface area contributed by atoms with Gasteiger partial charge in [-0.15, -0.1) is 0 Å². The van der Waals surface area contributed by atoms with Crippen LogP contribution in [0.5, 0.6) is 0 Å².